The molecule has 0 fully saturated rings. The Labute approximate surface area is 157 Å². The summed E-state index contributed by atoms with van der Waals surface area (Å²) in [5.74, 6) is 1.07. The van der Waals surface area contributed by atoms with Crippen molar-refractivity contribution >= 4 is 17.5 Å². The number of hydrogen-bond donors (Lipinski definition) is 3. The van der Waals surface area contributed by atoms with Crippen LogP contribution in [0.25, 0.3) is 5.82 Å². The number of hydrogen-bond acceptors (Lipinski definition) is 5. The van der Waals surface area contributed by atoms with Crippen molar-refractivity contribution in [3.05, 3.63) is 60.4 Å². The minimum Gasteiger partial charge on any atom is -0.367 e. The summed E-state index contributed by atoms with van der Waals surface area (Å²) in [6, 6.07) is 9.02. The Morgan fingerprint density at radius 3 is 2.61 bits per heavy atom. The molecule has 0 aliphatic rings. The minimum atomic E-state index is -4.47. The second kappa shape index (κ2) is 8.37. The van der Waals surface area contributed by atoms with Crippen LogP contribution in [0.3, 0.4) is 0 Å². The van der Waals surface area contributed by atoms with Gasteiger partial charge < -0.3 is 16.0 Å². The highest BCUT2D eigenvalue weighted by Gasteiger charge is 2.30. The number of nitrogens with zero attached hydrogens (tertiary/aromatic N) is 4. The molecule has 2 heterocycles. The molecule has 0 aliphatic heterocycles. The van der Waals surface area contributed by atoms with E-state index in [0.29, 0.717) is 18.2 Å². The van der Waals surface area contributed by atoms with Crippen molar-refractivity contribution < 1.29 is 18.0 Å². The Bertz CT molecular complexity index is 911. The largest absolute Gasteiger partial charge is 0.416 e. The number of alkyl halides is 3. The van der Waals surface area contributed by atoms with Crippen molar-refractivity contribution in [2.45, 2.75) is 6.18 Å². The van der Waals surface area contributed by atoms with Crippen LogP contribution in [0, 0.1) is 0 Å². The molecule has 28 heavy (non-hydrogen) atoms. The first kappa shape index (κ1) is 19.1. The predicted molar refractivity (Wildman–Crippen MR) is 96.1 cm³/mol. The molecule has 146 valence electrons. The number of amides is 2. The summed E-state index contributed by atoms with van der Waals surface area (Å²) in [7, 11) is 0. The first-order valence-corrected chi connectivity index (χ1v) is 8.21. The van der Waals surface area contributed by atoms with E-state index in [1.807, 2.05) is 0 Å². The molecule has 0 radical (unpaired) electrons. The van der Waals surface area contributed by atoms with E-state index < -0.39 is 17.8 Å². The molecular formula is C17H16F3N7O. The number of rotatable bonds is 6. The lowest BCUT2D eigenvalue weighted by molar-refractivity contribution is -0.137. The van der Waals surface area contributed by atoms with Crippen LogP contribution in [0.1, 0.15) is 5.56 Å². The van der Waals surface area contributed by atoms with E-state index in [0.717, 1.165) is 12.1 Å². The Hall–Kier alpha value is -3.63. The molecule has 11 heteroatoms. The molecule has 2 amide bonds. The standard InChI is InChI=1S/C17H16F3N7O/c18-17(19,20)12-3-1-4-13(11-12)24-16(28)22-9-8-21-14-5-6-15(26-25-14)27-10-2-7-23-27/h1-7,10-11H,8-9H2,(H,21,25)(H2,22,24,28). The van der Waals surface area contributed by atoms with Gasteiger partial charge in [-0.3, -0.25) is 0 Å². The van der Waals surface area contributed by atoms with Crippen LogP contribution >= 0.6 is 0 Å². The summed E-state index contributed by atoms with van der Waals surface area (Å²) < 4.78 is 39.6. The highest BCUT2D eigenvalue weighted by atomic mass is 19.4. The maximum absolute atomic E-state index is 12.7. The fourth-order valence-corrected chi connectivity index (χ4v) is 2.26. The van der Waals surface area contributed by atoms with E-state index in [4.69, 9.17) is 0 Å². The lowest BCUT2D eigenvalue weighted by atomic mass is 10.2. The fourth-order valence-electron chi connectivity index (χ4n) is 2.26. The van der Waals surface area contributed by atoms with Gasteiger partial charge in [-0.15, -0.1) is 10.2 Å². The molecule has 0 aliphatic carbocycles. The molecule has 3 rings (SSSR count). The van der Waals surface area contributed by atoms with Gasteiger partial charge in [0.2, 0.25) is 0 Å². The SMILES string of the molecule is O=C(NCCNc1ccc(-n2cccn2)nn1)Nc1cccc(C(F)(F)F)c1. The molecular weight excluding hydrogens is 375 g/mol. The summed E-state index contributed by atoms with van der Waals surface area (Å²) in [6.07, 6.45) is -1.10. The maximum atomic E-state index is 12.7. The van der Waals surface area contributed by atoms with Crippen molar-refractivity contribution in [1.82, 2.24) is 25.3 Å². The van der Waals surface area contributed by atoms with Gasteiger partial charge in [0.05, 0.1) is 5.56 Å². The number of carbonyl (C=O) groups excluding carboxylic acids is 1. The van der Waals surface area contributed by atoms with E-state index in [1.54, 1.807) is 35.3 Å². The summed E-state index contributed by atoms with van der Waals surface area (Å²) in [5.41, 5.74) is -0.774. The number of nitrogens with one attached hydrogen (secondary N) is 3. The third-order valence-corrected chi connectivity index (χ3v) is 3.55. The van der Waals surface area contributed by atoms with Crippen LogP contribution in [0.2, 0.25) is 0 Å². The smallest absolute Gasteiger partial charge is 0.367 e. The van der Waals surface area contributed by atoms with Gasteiger partial charge in [0.15, 0.2) is 5.82 Å². The molecule has 3 aromatic rings. The topological polar surface area (TPSA) is 96.8 Å². The van der Waals surface area contributed by atoms with Gasteiger partial charge in [-0.05, 0) is 36.4 Å². The first-order chi connectivity index (χ1) is 13.4. The zero-order chi connectivity index (χ0) is 20.0. The zero-order valence-corrected chi connectivity index (χ0v) is 14.4. The number of aromatic nitrogens is 4. The monoisotopic (exact) mass is 391 g/mol. The van der Waals surface area contributed by atoms with Gasteiger partial charge in [0, 0.05) is 31.2 Å². The molecule has 0 unspecified atom stereocenters. The van der Waals surface area contributed by atoms with Crippen LogP contribution in [0.15, 0.2) is 54.9 Å². The molecule has 0 spiro atoms. The Morgan fingerprint density at radius 1 is 1.07 bits per heavy atom. The number of halogens is 3. The molecule has 0 atom stereocenters. The average Bonchev–Trinajstić information content (AvgIpc) is 3.20. The van der Waals surface area contributed by atoms with Crippen molar-refractivity contribution in [2.75, 3.05) is 23.7 Å². The predicted octanol–water partition coefficient (Wildman–Crippen LogP) is 2.91. The number of urea groups is 1. The quantitative estimate of drug-likeness (QED) is 0.562. The van der Waals surface area contributed by atoms with E-state index in [1.165, 1.54) is 12.1 Å². The van der Waals surface area contributed by atoms with Crippen LogP contribution in [-0.4, -0.2) is 39.1 Å². The van der Waals surface area contributed by atoms with Gasteiger partial charge in [0.1, 0.15) is 5.82 Å². The van der Waals surface area contributed by atoms with Crippen molar-refractivity contribution in [2.24, 2.45) is 0 Å². The minimum absolute atomic E-state index is 0.0559. The second-order valence-electron chi connectivity index (χ2n) is 5.61. The Kier molecular flexibility index (Phi) is 5.72. The summed E-state index contributed by atoms with van der Waals surface area (Å²) in [6.45, 7) is 0.583. The molecule has 0 saturated carbocycles. The third kappa shape index (κ3) is 5.19. The van der Waals surface area contributed by atoms with Crippen LogP contribution < -0.4 is 16.0 Å². The van der Waals surface area contributed by atoms with Gasteiger partial charge in [-0.2, -0.15) is 18.3 Å². The van der Waals surface area contributed by atoms with Crippen molar-refractivity contribution in [3.63, 3.8) is 0 Å². The summed E-state index contributed by atoms with van der Waals surface area (Å²) in [4.78, 5) is 11.8. The van der Waals surface area contributed by atoms with Crippen LogP contribution in [-0.2, 0) is 6.18 Å². The van der Waals surface area contributed by atoms with Crippen LogP contribution in [0.4, 0.5) is 29.5 Å². The van der Waals surface area contributed by atoms with E-state index >= 15 is 0 Å². The fraction of sp³-hybridized carbons (Fsp3) is 0.176. The van der Waals surface area contributed by atoms with Crippen molar-refractivity contribution in [1.29, 1.82) is 0 Å². The Balaban J connectivity index is 1.42. The van der Waals surface area contributed by atoms with Gasteiger partial charge in [-0.25, -0.2) is 9.48 Å². The normalized spacial score (nSPS) is 11.1. The maximum Gasteiger partial charge on any atom is 0.416 e. The molecule has 0 bridgehead atoms. The summed E-state index contributed by atoms with van der Waals surface area (Å²) in [5, 5.41) is 19.9. The van der Waals surface area contributed by atoms with Crippen LogP contribution in [0.5, 0.6) is 0 Å². The molecule has 2 aromatic heterocycles. The van der Waals surface area contributed by atoms with Crippen molar-refractivity contribution in [3.8, 4) is 5.82 Å². The molecule has 8 nitrogen and oxygen atoms in total. The van der Waals surface area contributed by atoms with Gasteiger partial charge >= 0.3 is 12.2 Å². The lowest BCUT2D eigenvalue weighted by Gasteiger charge is -2.11. The number of carbonyl (C=O) groups is 1. The number of anilines is 2. The van der Waals surface area contributed by atoms with E-state index in [-0.39, 0.29) is 12.2 Å². The molecule has 0 saturated heterocycles. The highest BCUT2D eigenvalue weighted by molar-refractivity contribution is 5.89. The molecule has 1 aromatic carbocycles. The van der Waals surface area contributed by atoms with Gasteiger partial charge in [-0.1, -0.05) is 6.07 Å². The lowest BCUT2D eigenvalue weighted by Crippen LogP contribution is -2.32. The zero-order valence-electron chi connectivity index (χ0n) is 14.4. The third-order valence-electron chi connectivity index (χ3n) is 3.55. The van der Waals surface area contributed by atoms with Gasteiger partial charge in [0.25, 0.3) is 0 Å². The molecule has 3 N–H and O–H groups in total. The second-order valence-corrected chi connectivity index (χ2v) is 5.61. The Morgan fingerprint density at radius 2 is 1.93 bits per heavy atom. The average molecular weight is 391 g/mol. The highest BCUT2D eigenvalue weighted by Crippen LogP contribution is 2.30. The van der Waals surface area contributed by atoms with E-state index in [9.17, 15) is 18.0 Å². The first-order valence-electron chi connectivity index (χ1n) is 8.21. The summed E-state index contributed by atoms with van der Waals surface area (Å²) >= 11 is 0. The van der Waals surface area contributed by atoms with E-state index in [2.05, 4.69) is 31.2 Å². The number of benzene rings is 1.